The van der Waals surface area contributed by atoms with Gasteiger partial charge in [0.1, 0.15) is 6.07 Å². The van der Waals surface area contributed by atoms with E-state index in [2.05, 4.69) is 10.5 Å². The van der Waals surface area contributed by atoms with Crippen molar-refractivity contribution in [2.24, 2.45) is 10.8 Å². The van der Waals surface area contributed by atoms with Gasteiger partial charge in [0, 0.05) is 13.1 Å². The van der Waals surface area contributed by atoms with Crippen molar-refractivity contribution in [1.29, 1.82) is 10.7 Å². The molecule has 0 aliphatic carbocycles. The summed E-state index contributed by atoms with van der Waals surface area (Å²) in [6.07, 6.45) is 0. The van der Waals surface area contributed by atoms with Crippen LogP contribution in [0, 0.1) is 16.7 Å². The van der Waals surface area contributed by atoms with Crippen LogP contribution < -0.4 is 11.2 Å². The maximum atomic E-state index is 12.4. The number of benzene rings is 1. The molecule has 2 rings (SSSR count). The van der Waals surface area contributed by atoms with Crippen LogP contribution in [0.5, 0.6) is 0 Å². The lowest BCUT2D eigenvalue weighted by Crippen LogP contribution is -2.40. The molecule has 0 aromatic heterocycles. The molecule has 1 aliphatic heterocycles. The summed E-state index contributed by atoms with van der Waals surface area (Å²) in [5.74, 6) is -0.452. The maximum absolute atomic E-state index is 12.4. The van der Waals surface area contributed by atoms with Crippen molar-refractivity contribution in [3.63, 3.8) is 0 Å². The minimum absolute atomic E-state index is 0.168. The lowest BCUT2D eigenvalue weighted by atomic mass is 10.3. The summed E-state index contributed by atoms with van der Waals surface area (Å²) in [6.45, 7) is 1.43. The lowest BCUT2D eigenvalue weighted by molar-refractivity contribution is 0.0730. The maximum Gasteiger partial charge on any atom is 0.243 e. The summed E-state index contributed by atoms with van der Waals surface area (Å²) < 4.78 is 31.4. The van der Waals surface area contributed by atoms with E-state index in [-0.39, 0.29) is 10.6 Å². The van der Waals surface area contributed by atoms with Gasteiger partial charge < -0.3 is 10.5 Å². The monoisotopic (exact) mass is 336 g/mol. The van der Waals surface area contributed by atoms with Crippen LogP contribution in [0.1, 0.15) is 0 Å². The van der Waals surface area contributed by atoms with Gasteiger partial charge in [0.25, 0.3) is 0 Å². The van der Waals surface area contributed by atoms with Crippen molar-refractivity contribution in [3.8, 4) is 6.07 Å². The molecule has 122 valence electrons. The molecule has 1 aliphatic rings. The molecule has 0 amide bonds. The number of nitrogens with one attached hydrogen (secondary N) is 2. The van der Waals surface area contributed by atoms with Crippen LogP contribution in [0.15, 0.2) is 34.3 Å². The molecule has 23 heavy (non-hydrogen) atoms. The molecular weight excluding hydrogens is 320 g/mol. The average molecular weight is 336 g/mol. The van der Waals surface area contributed by atoms with Gasteiger partial charge in [-0.1, -0.05) is 0 Å². The van der Waals surface area contributed by atoms with E-state index in [1.807, 2.05) is 0 Å². The van der Waals surface area contributed by atoms with Gasteiger partial charge in [0.2, 0.25) is 15.7 Å². The van der Waals surface area contributed by atoms with Crippen molar-refractivity contribution in [2.45, 2.75) is 4.90 Å². The second kappa shape index (κ2) is 7.19. The lowest BCUT2D eigenvalue weighted by Gasteiger charge is -2.26. The largest absolute Gasteiger partial charge is 0.382 e. The highest BCUT2D eigenvalue weighted by atomic mass is 32.2. The number of hydrazone groups is 1. The Balaban J connectivity index is 2.13. The summed E-state index contributed by atoms with van der Waals surface area (Å²) in [5.41, 5.74) is 7.94. The quantitative estimate of drug-likeness (QED) is 0.390. The molecule has 0 saturated carbocycles. The van der Waals surface area contributed by atoms with Crippen LogP contribution in [0.3, 0.4) is 0 Å². The zero-order chi connectivity index (χ0) is 16.9. The summed E-state index contributed by atoms with van der Waals surface area (Å²) in [7, 11) is -3.54. The van der Waals surface area contributed by atoms with Crippen molar-refractivity contribution in [1.82, 2.24) is 4.31 Å². The van der Waals surface area contributed by atoms with Crippen LogP contribution in [0.2, 0.25) is 0 Å². The fourth-order valence-corrected chi connectivity index (χ4v) is 3.31. The number of morpholine rings is 1. The van der Waals surface area contributed by atoms with Crippen LogP contribution in [0.4, 0.5) is 5.69 Å². The van der Waals surface area contributed by atoms with E-state index in [1.54, 1.807) is 6.07 Å². The van der Waals surface area contributed by atoms with Crippen molar-refractivity contribution >= 4 is 27.3 Å². The third-order valence-corrected chi connectivity index (χ3v) is 5.03. The molecule has 9 nitrogen and oxygen atoms in total. The molecule has 0 bridgehead atoms. The van der Waals surface area contributed by atoms with Crippen molar-refractivity contribution < 1.29 is 13.2 Å². The highest BCUT2D eigenvalue weighted by molar-refractivity contribution is 7.89. The fourth-order valence-electron chi connectivity index (χ4n) is 1.90. The van der Waals surface area contributed by atoms with Crippen molar-refractivity contribution in [3.05, 3.63) is 24.3 Å². The van der Waals surface area contributed by atoms with Crippen LogP contribution in [0.25, 0.3) is 0 Å². The highest BCUT2D eigenvalue weighted by Gasteiger charge is 2.25. The highest BCUT2D eigenvalue weighted by Crippen LogP contribution is 2.19. The number of nitrogens with two attached hydrogens (primary N) is 1. The van der Waals surface area contributed by atoms with E-state index >= 15 is 0 Å². The Labute approximate surface area is 133 Å². The third kappa shape index (κ3) is 4.04. The summed E-state index contributed by atoms with van der Waals surface area (Å²) in [5, 5.41) is 19.5. The van der Waals surface area contributed by atoms with Gasteiger partial charge in [-0.25, -0.2) is 8.42 Å². The minimum Gasteiger partial charge on any atom is -0.382 e. The number of anilines is 1. The van der Waals surface area contributed by atoms with E-state index in [4.69, 9.17) is 21.1 Å². The standard InChI is InChI=1S/C13H16N6O3S/c14-9-12(13(15)16)18-17-10-1-3-11(4-2-10)23(20,21)19-5-7-22-8-6-19/h1-4,17H,5-8H2,(H3,15,16)/b18-12+. The predicted molar refractivity (Wildman–Crippen MR) is 84.6 cm³/mol. The van der Waals surface area contributed by atoms with Gasteiger partial charge in [0.15, 0.2) is 5.84 Å². The molecule has 1 aromatic carbocycles. The van der Waals surface area contributed by atoms with E-state index in [9.17, 15) is 8.42 Å². The van der Waals surface area contributed by atoms with Crippen LogP contribution in [-0.2, 0) is 14.8 Å². The number of hydrogen-bond acceptors (Lipinski definition) is 7. The molecule has 1 fully saturated rings. The Morgan fingerprint density at radius 2 is 1.96 bits per heavy atom. The number of sulfonamides is 1. The minimum atomic E-state index is -3.54. The van der Waals surface area contributed by atoms with E-state index in [0.29, 0.717) is 32.0 Å². The zero-order valence-electron chi connectivity index (χ0n) is 12.2. The number of ether oxygens (including phenoxy) is 1. The Bertz CT molecular complexity index is 745. The summed E-state index contributed by atoms with van der Waals surface area (Å²) in [4.78, 5) is 0.168. The molecule has 4 N–H and O–H groups in total. The molecular formula is C13H16N6O3S. The number of hydrogen-bond donors (Lipinski definition) is 3. The van der Waals surface area contributed by atoms with E-state index in [1.165, 1.54) is 28.6 Å². The summed E-state index contributed by atoms with van der Waals surface area (Å²) >= 11 is 0. The first-order valence-electron chi connectivity index (χ1n) is 6.71. The number of nitrogens with zero attached hydrogens (tertiary/aromatic N) is 3. The first kappa shape index (κ1) is 16.9. The van der Waals surface area contributed by atoms with Gasteiger partial charge >= 0.3 is 0 Å². The molecule has 0 unspecified atom stereocenters. The molecule has 1 aromatic rings. The molecule has 0 radical (unpaired) electrons. The van der Waals surface area contributed by atoms with Gasteiger partial charge in [-0.05, 0) is 24.3 Å². The van der Waals surface area contributed by atoms with Gasteiger partial charge in [-0.15, -0.1) is 0 Å². The average Bonchev–Trinajstić information content (AvgIpc) is 2.56. The third-order valence-electron chi connectivity index (χ3n) is 3.12. The predicted octanol–water partition coefficient (Wildman–Crippen LogP) is -0.0650. The normalized spacial score (nSPS) is 16.6. The Hall–Kier alpha value is -2.48. The van der Waals surface area contributed by atoms with E-state index in [0.717, 1.165) is 0 Å². The Kier molecular flexibility index (Phi) is 5.28. The Morgan fingerprint density at radius 1 is 1.35 bits per heavy atom. The second-order valence-corrected chi connectivity index (χ2v) is 6.58. The first-order chi connectivity index (χ1) is 10.9. The summed E-state index contributed by atoms with van der Waals surface area (Å²) in [6, 6.07) is 7.61. The zero-order valence-corrected chi connectivity index (χ0v) is 13.0. The number of amidine groups is 1. The molecule has 10 heteroatoms. The fraction of sp³-hybridized carbons (Fsp3) is 0.308. The van der Waals surface area contributed by atoms with Crippen LogP contribution in [-0.4, -0.2) is 50.6 Å². The molecule has 0 atom stereocenters. The molecule has 1 saturated heterocycles. The van der Waals surface area contributed by atoms with Crippen LogP contribution >= 0.6 is 0 Å². The topological polar surface area (TPSA) is 145 Å². The van der Waals surface area contributed by atoms with Gasteiger partial charge in [0.05, 0.1) is 23.8 Å². The molecule has 1 heterocycles. The van der Waals surface area contributed by atoms with Gasteiger partial charge in [-0.2, -0.15) is 14.7 Å². The second-order valence-electron chi connectivity index (χ2n) is 4.64. The first-order valence-corrected chi connectivity index (χ1v) is 8.15. The Morgan fingerprint density at radius 3 is 2.48 bits per heavy atom. The smallest absolute Gasteiger partial charge is 0.243 e. The van der Waals surface area contributed by atoms with E-state index < -0.39 is 15.9 Å². The van der Waals surface area contributed by atoms with Gasteiger partial charge in [-0.3, -0.25) is 10.8 Å². The number of nitriles is 1. The number of rotatable bonds is 5. The SMILES string of the molecule is N#C/C(=N\Nc1ccc(S(=O)(=O)N2CCOCC2)cc1)C(=N)N. The van der Waals surface area contributed by atoms with Crippen molar-refractivity contribution in [2.75, 3.05) is 31.7 Å². The molecule has 0 spiro atoms.